The van der Waals surface area contributed by atoms with Crippen LogP contribution in [0.3, 0.4) is 0 Å². The lowest BCUT2D eigenvalue weighted by molar-refractivity contribution is -0.139. The van der Waals surface area contributed by atoms with Gasteiger partial charge in [0.25, 0.3) is 5.56 Å². The highest BCUT2D eigenvalue weighted by molar-refractivity contribution is 5.68. The number of aliphatic carboxylic acids is 1. The van der Waals surface area contributed by atoms with Gasteiger partial charge in [-0.1, -0.05) is 78.9 Å². The van der Waals surface area contributed by atoms with Gasteiger partial charge in [0.1, 0.15) is 5.75 Å². The van der Waals surface area contributed by atoms with Crippen LogP contribution >= 0.6 is 0 Å². The van der Waals surface area contributed by atoms with Gasteiger partial charge >= 0.3 is 5.97 Å². The quantitative estimate of drug-likeness (QED) is 0.291. The second kappa shape index (κ2) is 11.3. The number of hydrogen-bond acceptors (Lipinski definition) is 5. The number of pyridine rings is 1. The number of carboxylic acid groups (broad SMARTS) is 1. The summed E-state index contributed by atoms with van der Waals surface area (Å²) in [5, 5.41) is 16.0. The van der Waals surface area contributed by atoms with Gasteiger partial charge < -0.3 is 9.84 Å². The average Bonchev–Trinajstić information content (AvgIpc) is 2.95. The zero-order valence-electron chi connectivity index (χ0n) is 20.5. The van der Waals surface area contributed by atoms with Crippen LogP contribution in [-0.4, -0.2) is 32.9 Å². The number of rotatable bonds is 9. The first-order valence-corrected chi connectivity index (χ1v) is 12.2. The number of carboxylic acids is 1. The molecule has 0 aliphatic carbocycles. The highest BCUT2D eigenvalue weighted by Gasteiger charge is 2.22. The molecule has 0 amide bonds. The van der Waals surface area contributed by atoms with Crippen molar-refractivity contribution in [2.45, 2.75) is 12.3 Å². The lowest BCUT2D eigenvalue weighted by Crippen LogP contribution is -2.17. The van der Waals surface area contributed by atoms with Crippen LogP contribution < -0.4 is 10.3 Å². The Kier molecular flexibility index (Phi) is 7.36. The maximum Gasteiger partial charge on any atom is 0.341 e. The van der Waals surface area contributed by atoms with Crippen molar-refractivity contribution in [3.63, 3.8) is 0 Å². The number of aromatic amines is 1. The average molecular weight is 504 g/mol. The molecule has 0 saturated heterocycles. The number of nitrogens with one attached hydrogen (secondary N) is 1. The van der Waals surface area contributed by atoms with E-state index in [9.17, 15) is 9.59 Å². The zero-order valence-corrected chi connectivity index (χ0v) is 20.5. The van der Waals surface area contributed by atoms with Crippen LogP contribution in [-0.2, 0) is 11.2 Å². The van der Waals surface area contributed by atoms with Gasteiger partial charge in [-0.25, -0.2) is 9.89 Å². The third kappa shape index (κ3) is 5.84. The molecular weight excluding hydrogens is 478 g/mol. The molecule has 7 nitrogen and oxygen atoms in total. The number of hydrogen-bond donors (Lipinski definition) is 2. The maximum absolute atomic E-state index is 12.4. The van der Waals surface area contributed by atoms with Gasteiger partial charge in [0, 0.05) is 23.7 Å². The first-order chi connectivity index (χ1) is 18.6. The SMILES string of the molecule is O=C(O)COc1cccc(-c2cccc(Cc3cc(=O)[nH]nc3C(c3ccccc3)c3ccccc3)n2)c1. The molecule has 2 N–H and O–H groups in total. The Morgan fingerprint density at radius 2 is 1.53 bits per heavy atom. The highest BCUT2D eigenvalue weighted by Crippen LogP contribution is 2.33. The van der Waals surface area contributed by atoms with E-state index >= 15 is 0 Å². The van der Waals surface area contributed by atoms with Crippen LogP contribution in [0.15, 0.2) is 114 Å². The van der Waals surface area contributed by atoms with E-state index < -0.39 is 12.6 Å². The van der Waals surface area contributed by atoms with Gasteiger partial charge in [-0.15, -0.1) is 0 Å². The van der Waals surface area contributed by atoms with Crippen LogP contribution in [0.25, 0.3) is 11.3 Å². The van der Waals surface area contributed by atoms with Crippen molar-refractivity contribution < 1.29 is 14.6 Å². The summed E-state index contributed by atoms with van der Waals surface area (Å²) in [5.41, 5.74) is 5.69. The largest absolute Gasteiger partial charge is 0.482 e. The Labute approximate surface area is 219 Å². The number of nitrogens with zero attached hydrogens (tertiary/aromatic N) is 2. The fraction of sp³-hybridized carbons (Fsp3) is 0.0968. The van der Waals surface area contributed by atoms with Crippen LogP contribution in [0.1, 0.15) is 34.0 Å². The first-order valence-electron chi connectivity index (χ1n) is 12.2. The Morgan fingerprint density at radius 1 is 0.842 bits per heavy atom. The van der Waals surface area contributed by atoms with E-state index in [4.69, 9.17) is 14.8 Å². The lowest BCUT2D eigenvalue weighted by atomic mass is 9.85. The molecule has 0 atom stereocenters. The van der Waals surface area contributed by atoms with Crippen LogP contribution in [0.4, 0.5) is 0 Å². The topological polar surface area (TPSA) is 105 Å². The molecule has 2 aromatic heterocycles. The molecule has 7 heteroatoms. The van der Waals surface area contributed by atoms with E-state index in [-0.39, 0.29) is 11.5 Å². The molecule has 0 bridgehead atoms. The number of ether oxygens (including phenoxy) is 1. The van der Waals surface area contributed by atoms with E-state index in [2.05, 4.69) is 34.5 Å². The number of benzene rings is 3. The third-order valence-electron chi connectivity index (χ3n) is 6.13. The number of carbonyl (C=O) groups is 1. The summed E-state index contributed by atoms with van der Waals surface area (Å²) in [6, 6.07) is 34.6. The fourth-order valence-electron chi connectivity index (χ4n) is 4.47. The summed E-state index contributed by atoms with van der Waals surface area (Å²) >= 11 is 0. The number of H-pyrrole nitrogens is 1. The molecule has 0 radical (unpaired) electrons. The van der Waals surface area contributed by atoms with Crippen LogP contribution in [0, 0.1) is 0 Å². The Morgan fingerprint density at radius 3 is 2.21 bits per heavy atom. The number of aromatic nitrogens is 3. The summed E-state index contributed by atoms with van der Waals surface area (Å²) in [6.07, 6.45) is 0.408. The molecule has 0 aliphatic heterocycles. The Balaban J connectivity index is 1.51. The summed E-state index contributed by atoms with van der Waals surface area (Å²) < 4.78 is 5.32. The van der Waals surface area contributed by atoms with Crippen molar-refractivity contribution in [1.82, 2.24) is 15.2 Å². The predicted octanol–water partition coefficient (Wildman–Crippen LogP) is 5.07. The Hall–Kier alpha value is -5.04. The highest BCUT2D eigenvalue weighted by atomic mass is 16.5. The third-order valence-corrected chi connectivity index (χ3v) is 6.13. The molecule has 0 aliphatic rings. The molecule has 5 aromatic rings. The minimum atomic E-state index is -1.04. The predicted molar refractivity (Wildman–Crippen MR) is 144 cm³/mol. The van der Waals surface area contributed by atoms with Gasteiger partial charge in [-0.3, -0.25) is 9.78 Å². The maximum atomic E-state index is 12.4. The Bertz CT molecular complexity index is 1560. The molecule has 0 unspecified atom stereocenters. The molecule has 3 aromatic carbocycles. The molecule has 0 fully saturated rings. The standard InChI is InChI=1S/C31H25N3O4/c35-28-19-24(31(34-33-28)30(21-9-3-1-4-10-21)22-11-5-2-6-12-22)17-25-14-8-16-27(32-25)23-13-7-15-26(18-23)38-20-29(36)37/h1-16,18-19,30H,17,20H2,(H,33,35)(H,36,37). The van der Waals surface area contributed by atoms with Crippen molar-refractivity contribution in [3.8, 4) is 17.0 Å². The van der Waals surface area contributed by atoms with E-state index in [1.165, 1.54) is 0 Å². The zero-order chi connectivity index (χ0) is 26.3. The minimum absolute atomic E-state index is 0.171. The monoisotopic (exact) mass is 503 g/mol. The molecule has 5 rings (SSSR count). The molecule has 0 spiro atoms. The second-order valence-corrected chi connectivity index (χ2v) is 8.80. The summed E-state index contributed by atoms with van der Waals surface area (Å²) in [5.74, 6) is -0.760. The lowest BCUT2D eigenvalue weighted by Gasteiger charge is -2.20. The second-order valence-electron chi connectivity index (χ2n) is 8.80. The summed E-state index contributed by atoms with van der Waals surface area (Å²) in [6.45, 7) is -0.417. The fourth-order valence-corrected chi connectivity index (χ4v) is 4.47. The van der Waals surface area contributed by atoms with Crippen LogP contribution in [0.2, 0.25) is 0 Å². The molecular formula is C31H25N3O4. The summed E-state index contributed by atoms with van der Waals surface area (Å²) in [7, 11) is 0. The summed E-state index contributed by atoms with van der Waals surface area (Å²) in [4.78, 5) is 28.1. The van der Waals surface area contributed by atoms with Crippen molar-refractivity contribution in [2.75, 3.05) is 6.61 Å². The van der Waals surface area contributed by atoms with E-state index in [0.29, 0.717) is 17.9 Å². The van der Waals surface area contributed by atoms with Gasteiger partial charge in [-0.05, 0) is 41.0 Å². The van der Waals surface area contributed by atoms with Crippen LogP contribution in [0.5, 0.6) is 5.75 Å². The van der Waals surface area contributed by atoms with Gasteiger partial charge in [-0.2, -0.15) is 5.10 Å². The minimum Gasteiger partial charge on any atom is -0.482 e. The van der Waals surface area contributed by atoms with Crippen molar-refractivity contribution >= 4 is 5.97 Å². The molecule has 188 valence electrons. The molecule has 2 heterocycles. The molecule has 38 heavy (non-hydrogen) atoms. The normalized spacial score (nSPS) is 10.9. The first kappa shape index (κ1) is 24.6. The molecule has 0 saturated carbocycles. The van der Waals surface area contributed by atoms with E-state index in [1.807, 2.05) is 60.7 Å². The van der Waals surface area contributed by atoms with E-state index in [1.54, 1.807) is 24.3 Å². The van der Waals surface area contributed by atoms with Gasteiger partial charge in [0.15, 0.2) is 6.61 Å². The smallest absolute Gasteiger partial charge is 0.341 e. The van der Waals surface area contributed by atoms with Crippen molar-refractivity contribution in [2.24, 2.45) is 0 Å². The van der Waals surface area contributed by atoms with Crippen molar-refractivity contribution in [3.05, 3.63) is 148 Å². The van der Waals surface area contributed by atoms with Gasteiger partial charge in [0.05, 0.1) is 17.3 Å². The van der Waals surface area contributed by atoms with Crippen molar-refractivity contribution in [1.29, 1.82) is 0 Å². The van der Waals surface area contributed by atoms with Gasteiger partial charge in [0.2, 0.25) is 0 Å². The van der Waals surface area contributed by atoms with E-state index in [0.717, 1.165) is 33.6 Å².